The first-order valence-electron chi connectivity index (χ1n) is 3.44. The van der Waals surface area contributed by atoms with Gasteiger partial charge in [-0.05, 0) is 19.1 Å². The second-order valence-electron chi connectivity index (χ2n) is 2.03. The molecule has 1 rings (SSSR count). The van der Waals surface area contributed by atoms with E-state index in [9.17, 15) is 0 Å². The molecule has 0 aliphatic carbocycles. The largest absolute Gasteiger partial charge is 0.253 e. The summed E-state index contributed by atoms with van der Waals surface area (Å²) in [6, 6.07) is 0. The zero-order chi connectivity index (χ0) is 8.10. The van der Waals surface area contributed by atoms with Gasteiger partial charge in [-0.25, -0.2) is 0 Å². The number of allylic oxidation sites excluding steroid dienone is 1. The van der Waals surface area contributed by atoms with Crippen molar-refractivity contribution in [1.29, 1.82) is 0 Å². The van der Waals surface area contributed by atoms with Gasteiger partial charge in [0.25, 0.3) is 0 Å². The van der Waals surface area contributed by atoms with Crippen molar-refractivity contribution in [3.8, 4) is 0 Å². The number of aromatic nitrogens is 2. The molecule has 0 aromatic carbocycles. The molecule has 0 unspecified atom stereocenters. The van der Waals surface area contributed by atoms with Crippen molar-refractivity contribution < 1.29 is 0 Å². The maximum absolute atomic E-state index is 4.12. The van der Waals surface area contributed by atoms with Gasteiger partial charge in [0, 0.05) is 12.4 Å². The summed E-state index contributed by atoms with van der Waals surface area (Å²) in [6.45, 7) is 5.58. The first-order chi connectivity index (χ1) is 5.38. The highest BCUT2D eigenvalue weighted by atomic mass is 14.8. The van der Waals surface area contributed by atoms with Crippen LogP contribution in [0.5, 0.6) is 0 Å². The number of hydrogen-bond acceptors (Lipinski definition) is 2. The smallest absolute Gasteiger partial charge is 0.0883 e. The topological polar surface area (TPSA) is 25.8 Å². The predicted molar refractivity (Wildman–Crippen MR) is 46.8 cm³/mol. The van der Waals surface area contributed by atoms with Gasteiger partial charge in [-0.15, -0.1) is 0 Å². The lowest BCUT2D eigenvalue weighted by atomic mass is 10.3. The lowest BCUT2D eigenvalue weighted by Gasteiger charge is -1.95. The van der Waals surface area contributed by atoms with Crippen LogP contribution in [0.25, 0.3) is 12.2 Å². The van der Waals surface area contributed by atoms with Crippen molar-refractivity contribution in [3.05, 3.63) is 36.4 Å². The van der Waals surface area contributed by atoms with Gasteiger partial charge in [0.05, 0.1) is 11.4 Å². The summed E-state index contributed by atoms with van der Waals surface area (Å²) in [6.07, 6.45) is 8.86. The van der Waals surface area contributed by atoms with Crippen LogP contribution < -0.4 is 0 Å². The Kier molecular flexibility index (Phi) is 2.55. The molecule has 0 bridgehead atoms. The Balaban J connectivity index is 3.11. The number of hydrogen-bond donors (Lipinski definition) is 0. The van der Waals surface area contributed by atoms with Crippen molar-refractivity contribution >= 4 is 12.2 Å². The van der Waals surface area contributed by atoms with Gasteiger partial charge in [-0.3, -0.25) is 9.97 Å². The van der Waals surface area contributed by atoms with E-state index in [0.29, 0.717) is 0 Å². The van der Waals surface area contributed by atoms with E-state index in [1.54, 1.807) is 18.5 Å². The van der Waals surface area contributed by atoms with Crippen LogP contribution in [0.4, 0.5) is 0 Å². The lowest BCUT2D eigenvalue weighted by molar-refractivity contribution is 1.16. The van der Waals surface area contributed by atoms with E-state index in [2.05, 4.69) is 16.5 Å². The van der Waals surface area contributed by atoms with Gasteiger partial charge in [0.2, 0.25) is 0 Å². The van der Waals surface area contributed by atoms with E-state index in [1.165, 1.54) is 0 Å². The fourth-order valence-electron chi connectivity index (χ4n) is 0.803. The molecular formula is C9H10N2. The number of nitrogens with zero attached hydrogens (tertiary/aromatic N) is 2. The summed E-state index contributed by atoms with van der Waals surface area (Å²) in [4.78, 5) is 8.20. The minimum absolute atomic E-state index is 0.825. The molecule has 1 aromatic rings. The Hall–Kier alpha value is -1.44. The SMILES string of the molecule is C=Cc1nccnc1C=CC. The Bertz CT molecular complexity index is 277. The van der Waals surface area contributed by atoms with E-state index in [1.807, 2.05) is 19.1 Å². The molecule has 0 saturated carbocycles. The Morgan fingerprint density at radius 1 is 1.27 bits per heavy atom. The maximum atomic E-state index is 4.12. The first-order valence-corrected chi connectivity index (χ1v) is 3.44. The van der Waals surface area contributed by atoms with Crippen molar-refractivity contribution in [2.24, 2.45) is 0 Å². The molecule has 0 radical (unpaired) electrons. The molecule has 0 aliphatic heterocycles. The third-order valence-corrected chi connectivity index (χ3v) is 1.27. The Labute approximate surface area is 66.3 Å². The summed E-state index contributed by atoms with van der Waals surface area (Å²) < 4.78 is 0. The molecule has 2 nitrogen and oxygen atoms in total. The molecule has 1 heterocycles. The molecule has 56 valence electrons. The molecule has 1 aromatic heterocycles. The quantitative estimate of drug-likeness (QED) is 0.639. The maximum Gasteiger partial charge on any atom is 0.0883 e. The van der Waals surface area contributed by atoms with Crippen LogP contribution in [0.1, 0.15) is 18.3 Å². The van der Waals surface area contributed by atoms with Crippen LogP contribution in [0, 0.1) is 0 Å². The monoisotopic (exact) mass is 146 g/mol. The average Bonchev–Trinajstić information content (AvgIpc) is 2.06. The van der Waals surface area contributed by atoms with Crippen molar-refractivity contribution in [1.82, 2.24) is 9.97 Å². The van der Waals surface area contributed by atoms with Gasteiger partial charge in [0.15, 0.2) is 0 Å². The van der Waals surface area contributed by atoms with E-state index in [0.717, 1.165) is 11.4 Å². The van der Waals surface area contributed by atoms with Gasteiger partial charge in [0.1, 0.15) is 0 Å². The van der Waals surface area contributed by atoms with Crippen molar-refractivity contribution in [2.75, 3.05) is 0 Å². The summed E-state index contributed by atoms with van der Waals surface area (Å²) in [7, 11) is 0. The second-order valence-corrected chi connectivity index (χ2v) is 2.03. The third kappa shape index (κ3) is 1.74. The van der Waals surface area contributed by atoms with Crippen LogP contribution in [-0.2, 0) is 0 Å². The van der Waals surface area contributed by atoms with Crippen LogP contribution >= 0.6 is 0 Å². The van der Waals surface area contributed by atoms with Crippen LogP contribution in [0.3, 0.4) is 0 Å². The normalized spacial score (nSPS) is 10.3. The van der Waals surface area contributed by atoms with Crippen molar-refractivity contribution in [3.63, 3.8) is 0 Å². The molecule has 0 fully saturated rings. The summed E-state index contributed by atoms with van der Waals surface area (Å²) in [5.41, 5.74) is 1.69. The van der Waals surface area contributed by atoms with Gasteiger partial charge < -0.3 is 0 Å². The van der Waals surface area contributed by atoms with Crippen LogP contribution in [0.15, 0.2) is 25.0 Å². The summed E-state index contributed by atoms with van der Waals surface area (Å²) >= 11 is 0. The van der Waals surface area contributed by atoms with Crippen LogP contribution in [0.2, 0.25) is 0 Å². The zero-order valence-corrected chi connectivity index (χ0v) is 6.49. The lowest BCUT2D eigenvalue weighted by Crippen LogP contribution is -1.88. The average molecular weight is 146 g/mol. The molecule has 2 heteroatoms. The number of rotatable bonds is 2. The summed E-state index contributed by atoms with van der Waals surface area (Å²) in [5, 5.41) is 0. The van der Waals surface area contributed by atoms with E-state index in [4.69, 9.17) is 0 Å². The highest BCUT2D eigenvalue weighted by Gasteiger charge is 1.93. The van der Waals surface area contributed by atoms with E-state index in [-0.39, 0.29) is 0 Å². The molecule has 0 N–H and O–H groups in total. The summed E-state index contributed by atoms with van der Waals surface area (Å²) in [5.74, 6) is 0. The Morgan fingerprint density at radius 3 is 2.45 bits per heavy atom. The molecular weight excluding hydrogens is 136 g/mol. The predicted octanol–water partition coefficient (Wildman–Crippen LogP) is 2.15. The Morgan fingerprint density at radius 2 is 1.91 bits per heavy atom. The molecule has 0 spiro atoms. The molecule has 0 saturated heterocycles. The van der Waals surface area contributed by atoms with E-state index < -0.39 is 0 Å². The standard InChI is InChI=1S/C9H10N2/c1-3-5-9-8(4-2)10-6-7-11-9/h3-7H,2H2,1H3. The highest BCUT2D eigenvalue weighted by molar-refractivity contribution is 5.57. The minimum Gasteiger partial charge on any atom is -0.253 e. The van der Waals surface area contributed by atoms with Crippen molar-refractivity contribution in [2.45, 2.75) is 6.92 Å². The fourth-order valence-corrected chi connectivity index (χ4v) is 0.803. The molecule has 11 heavy (non-hydrogen) atoms. The van der Waals surface area contributed by atoms with Gasteiger partial charge in [-0.1, -0.05) is 12.7 Å². The fraction of sp³-hybridized carbons (Fsp3) is 0.111. The van der Waals surface area contributed by atoms with Crippen LogP contribution in [-0.4, -0.2) is 9.97 Å². The van der Waals surface area contributed by atoms with Gasteiger partial charge in [-0.2, -0.15) is 0 Å². The second kappa shape index (κ2) is 3.66. The highest BCUT2D eigenvalue weighted by Crippen LogP contribution is 2.04. The zero-order valence-electron chi connectivity index (χ0n) is 6.49. The first kappa shape index (κ1) is 7.66. The van der Waals surface area contributed by atoms with Gasteiger partial charge >= 0.3 is 0 Å². The molecule has 0 amide bonds. The molecule has 0 atom stereocenters. The molecule has 0 aliphatic rings. The minimum atomic E-state index is 0.825. The van der Waals surface area contributed by atoms with E-state index >= 15 is 0 Å². The third-order valence-electron chi connectivity index (χ3n) is 1.27.